The van der Waals surface area contributed by atoms with Gasteiger partial charge < -0.3 is 9.64 Å². The summed E-state index contributed by atoms with van der Waals surface area (Å²) in [4.78, 5) is 18.7. The molecule has 4 nitrogen and oxygen atoms in total. The van der Waals surface area contributed by atoms with Crippen molar-refractivity contribution in [2.45, 2.75) is 23.9 Å². The highest BCUT2D eigenvalue weighted by Crippen LogP contribution is 2.26. The maximum atomic E-state index is 12.6. The van der Waals surface area contributed by atoms with Crippen LogP contribution in [0.1, 0.15) is 27.2 Å². The number of carbonyl (C=O) groups is 1. The highest BCUT2D eigenvalue weighted by molar-refractivity contribution is 8.00. The van der Waals surface area contributed by atoms with E-state index in [2.05, 4.69) is 10.4 Å². The minimum atomic E-state index is 0.00209. The first-order valence-electron chi connectivity index (χ1n) is 9.10. The summed E-state index contributed by atoms with van der Waals surface area (Å²) >= 11 is 3.39. The van der Waals surface area contributed by atoms with E-state index in [-0.39, 0.29) is 5.91 Å². The van der Waals surface area contributed by atoms with Crippen molar-refractivity contribution in [2.75, 3.05) is 20.2 Å². The van der Waals surface area contributed by atoms with E-state index in [1.165, 1.54) is 11.1 Å². The summed E-state index contributed by atoms with van der Waals surface area (Å²) < 4.78 is 6.79. The number of benzene rings is 2. The van der Waals surface area contributed by atoms with Gasteiger partial charge in [-0.2, -0.15) is 0 Å². The molecule has 1 heterocycles. The minimum Gasteiger partial charge on any atom is -0.492 e. The molecule has 0 N–H and O–H groups in total. The van der Waals surface area contributed by atoms with Gasteiger partial charge in [-0.05, 0) is 43.7 Å². The van der Waals surface area contributed by atoms with Crippen molar-refractivity contribution in [1.82, 2.24) is 9.88 Å². The second-order valence-corrected chi connectivity index (χ2v) is 8.71. The molecule has 3 rings (SSSR count). The Labute approximate surface area is 174 Å². The van der Waals surface area contributed by atoms with Crippen LogP contribution in [0.15, 0.2) is 58.3 Å². The second-order valence-electron chi connectivity index (χ2n) is 6.63. The van der Waals surface area contributed by atoms with Crippen LogP contribution in [0.2, 0.25) is 0 Å². The fraction of sp³-hybridized carbons (Fsp3) is 0.273. The van der Waals surface area contributed by atoms with Crippen LogP contribution in [-0.2, 0) is 5.75 Å². The highest BCUT2D eigenvalue weighted by atomic mass is 32.2. The first-order chi connectivity index (χ1) is 13.5. The van der Waals surface area contributed by atoms with E-state index < -0.39 is 0 Å². The summed E-state index contributed by atoms with van der Waals surface area (Å²) in [6.45, 7) is 5.05. The lowest BCUT2D eigenvalue weighted by Gasteiger charge is -2.18. The molecule has 0 saturated carbocycles. The number of aryl methyl sites for hydroxylation is 2. The van der Waals surface area contributed by atoms with Crippen molar-refractivity contribution in [3.05, 3.63) is 76.3 Å². The SMILES string of the molecule is Cc1ccc(OCCN(C)C(=O)c2ccc(CSc3nc(C)cs3)cc2)cc1. The smallest absolute Gasteiger partial charge is 0.253 e. The normalized spacial score (nSPS) is 10.7. The van der Waals surface area contributed by atoms with Crippen LogP contribution in [0.4, 0.5) is 0 Å². The van der Waals surface area contributed by atoms with Crippen molar-refractivity contribution in [3.8, 4) is 5.75 Å². The molecule has 1 amide bonds. The molecule has 6 heteroatoms. The quantitative estimate of drug-likeness (QED) is 0.477. The molecule has 1 aromatic heterocycles. The average molecular weight is 413 g/mol. The first kappa shape index (κ1) is 20.4. The van der Waals surface area contributed by atoms with Crippen molar-refractivity contribution in [3.63, 3.8) is 0 Å². The lowest BCUT2D eigenvalue weighted by Crippen LogP contribution is -2.30. The molecule has 28 heavy (non-hydrogen) atoms. The monoisotopic (exact) mass is 412 g/mol. The largest absolute Gasteiger partial charge is 0.492 e. The van der Waals surface area contributed by atoms with Crippen molar-refractivity contribution >= 4 is 29.0 Å². The fourth-order valence-corrected chi connectivity index (χ4v) is 4.35. The predicted molar refractivity (Wildman–Crippen MR) is 116 cm³/mol. The third-order valence-electron chi connectivity index (χ3n) is 4.22. The molecule has 0 unspecified atom stereocenters. The molecule has 146 valence electrons. The Morgan fingerprint density at radius 3 is 2.46 bits per heavy atom. The number of amides is 1. The zero-order valence-corrected chi connectivity index (χ0v) is 18.0. The van der Waals surface area contributed by atoms with Gasteiger partial charge in [0, 0.05) is 29.4 Å². The van der Waals surface area contributed by atoms with Crippen LogP contribution in [0.3, 0.4) is 0 Å². The van der Waals surface area contributed by atoms with Gasteiger partial charge in [0.1, 0.15) is 16.7 Å². The van der Waals surface area contributed by atoms with E-state index in [0.717, 1.165) is 21.5 Å². The van der Waals surface area contributed by atoms with Gasteiger partial charge in [0.15, 0.2) is 0 Å². The summed E-state index contributed by atoms with van der Waals surface area (Å²) in [6, 6.07) is 15.7. The molecule has 0 fully saturated rings. The Balaban J connectivity index is 1.46. The van der Waals surface area contributed by atoms with E-state index in [1.807, 2.05) is 62.4 Å². The molecule has 0 aliphatic heterocycles. The Kier molecular flexibility index (Phi) is 7.12. The van der Waals surface area contributed by atoms with E-state index in [4.69, 9.17) is 4.74 Å². The van der Waals surface area contributed by atoms with Crippen LogP contribution >= 0.6 is 23.1 Å². The van der Waals surface area contributed by atoms with Gasteiger partial charge in [0.25, 0.3) is 5.91 Å². The first-order valence-corrected chi connectivity index (χ1v) is 11.0. The standard InChI is InChI=1S/C22H24N2O2S2/c1-16-4-10-20(11-5-16)26-13-12-24(3)21(25)19-8-6-18(7-9-19)15-28-22-23-17(2)14-27-22/h4-11,14H,12-13,15H2,1-3H3. The number of hydrogen-bond acceptors (Lipinski definition) is 5. The predicted octanol–water partition coefficient (Wildman–Crippen LogP) is 5.20. The lowest BCUT2D eigenvalue weighted by atomic mass is 10.1. The third kappa shape index (κ3) is 5.84. The maximum absolute atomic E-state index is 12.6. The molecule has 2 aromatic carbocycles. The van der Waals surface area contributed by atoms with Crippen molar-refractivity contribution < 1.29 is 9.53 Å². The van der Waals surface area contributed by atoms with Gasteiger partial charge in [0.05, 0.1) is 6.54 Å². The fourth-order valence-electron chi connectivity index (χ4n) is 2.54. The number of hydrogen-bond donors (Lipinski definition) is 0. The van der Waals surface area contributed by atoms with Gasteiger partial charge in [-0.15, -0.1) is 11.3 Å². The molecule has 0 bridgehead atoms. The van der Waals surface area contributed by atoms with E-state index in [0.29, 0.717) is 18.7 Å². The number of rotatable bonds is 8. The van der Waals surface area contributed by atoms with Gasteiger partial charge in [0.2, 0.25) is 0 Å². The number of aromatic nitrogens is 1. The van der Waals surface area contributed by atoms with Crippen LogP contribution in [0.5, 0.6) is 5.75 Å². The van der Waals surface area contributed by atoms with Crippen molar-refractivity contribution in [1.29, 1.82) is 0 Å². The number of ether oxygens (including phenoxy) is 1. The molecule has 0 saturated heterocycles. The summed E-state index contributed by atoms with van der Waals surface area (Å²) in [5, 5.41) is 2.06. The third-order valence-corrected chi connectivity index (χ3v) is 6.43. The zero-order chi connectivity index (χ0) is 19.9. The van der Waals surface area contributed by atoms with E-state index in [9.17, 15) is 4.79 Å². The molecule has 3 aromatic rings. The van der Waals surface area contributed by atoms with Gasteiger partial charge >= 0.3 is 0 Å². The number of thiazole rings is 1. The molecule has 0 aliphatic rings. The van der Waals surface area contributed by atoms with Crippen LogP contribution in [-0.4, -0.2) is 36.0 Å². The van der Waals surface area contributed by atoms with Gasteiger partial charge in [-0.25, -0.2) is 4.98 Å². The Hall–Kier alpha value is -2.31. The average Bonchev–Trinajstić information content (AvgIpc) is 3.13. The Morgan fingerprint density at radius 1 is 1.11 bits per heavy atom. The minimum absolute atomic E-state index is 0.00209. The molecule has 0 spiro atoms. The number of likely N-dealkylation sites (N-methyl/N-ethyl adjacent to an activating group) is 1. The summed E-state index contributed by atoms with van der Waals surface area (Å²) in [5.41, 5.74) is 4.13. The molecular weight excluding hydrogens is 388 g/mol. The van der Waals surface area contributed by atoms with Crippen LogP contribution < -0.4 is 4.74 Å². The summed E-state index contributed by atoms with van der Waals surface area (Å²) in [5.74, 6) is 1.67. The van der Waals surface area contributed by atoms with E-state index >= 15 is 0 Å². The number of nitrogens with zero attached hydrogens (tertiary/aromatic N) is 2. The van der Waals surface area contributed by atoms with Gasteiger partial charge in [-0.3, -0.25) is 4.79 Å². The molecule has 0 radical (unpaired) electrons. The van der Waals surface area contributed by atoms with Crippen molar-refractivity contribution in [2.24, 2.45) is 0 Å². The molecule has 0 atom stereocenters. The van der Waals surface area contributed by atoms with E-state index in [1.54, 1.807) is 35.0 Å². The highest BCUT2D eigenvalue weighted by Gasteiger charge is 2.12. The Bertz CT molecular complexity index is 905. The summed E-state index contributed by atoms with van der Waals surface area (Å²) in [7, 11) is 1.80. The number of thioether (sulfide) groups is 1. The van der Waals surface area contributed by atoms with Crippen LogP contribution in [0.25, 0.3) is 0 Å². The molecular formula is C22H24N2O2S2. The summed E-state index contributed by atoms with van der Waals surface area (Å²) in [6.07, 6.45) is 0. The Morgan fingerprint density at radius 2 is 1.82 bits per heavy atom. The lowest BCUT2D eigenvalue weighted by molar-refractivity contribution is 0.0774. The second kappa shape index (κ2) is 9.75. The van der Waals surface area contributed by atoms with Gasteiger partial charge in [-0.1, -0.05) is 41.6 Å². The zero-order valence-electron chi connectivity index (χ0n) is 16.3. The molecule has 0 aliphatic carbocycles. The maximum Gasteiger partial charge on any atom is 0.253 e. The topological polar surface area (TPSA) is 42.4 Å². The number of carbonyl (C=O) groups excluding carboxylic acids is 1. The van der Waals surface area contributed by atoms with Crippen LogP contribution in [0, 0.1) is 13.8 Å².